The number of pyridine rings is 1. The van der Waals surface area contributed by atoms with Crippen LogP contribution in [0.1, 0.15) is 25.4 Å². The van der Waals surface area contributed by atoms with Crippen LogP contribution in [0.15, 0.2) is 30.5 Å². The fourth-order valence-corrected chi connectivity index (χ4v) is 2.83. The molecule has 154 valence electrons. The van der Waals surface area contributed by atoms with Crippen LogP contribution in [0.4, 0.5) is 26.3 Å². The molecule has 3 rings (SSSR count). The van der Waals surface area contributed by atoms with E-state index in [0.29, 0.717) is 12.1 Å². The van der Waals surface area contributed by atoms with E-state index in [2.05, 4.69) is 15.2 Å². The zero-order valence-corrected chi connectivity index (χ0v) is 15.4. The number of hydrogen-bond acceptors (Lipinski definition) is 4. The van der Waals surface area contributed by atoms with Gasteiger partial charge >= 0.3 is 6.18 Å². The maximum Gasteiger partial charge on any atom is 0.434 e. The molecule has 0 bridgehead atoms. The van der Waals surface area contributed by atoms with Crippen LogP contribution < -0.4 is 4.74 Å². The number of alkyl halides is 3. The molecular formula is C18H14F6N4O. The van der Waals surface area contributed by atoms with Gasteiger partial charge in [0, 0.05) is 25.4 Å². The van der Waals surface area contributed by atoms with E-state index >= 15 is 0 Å². The quantitative estimate of drug-likeness (QED) is 0.582. The van der Waals surface area contributed by atoms with Gasteiger partial charge in [0.15, 0.2) is 40.3 Å². The maximum absolute atomic E-state index is 13.9. The molecule has 0 aliphatic heterocycles. The molecule has 0 radical (unpaired) electrons. The number of benzene rings is 1. The average molecular weight is 416 g/mol. The van der Waals surface area contributed by atoms with E-state index in [0.717, 1.165) is 6.20 Å². The SMILES string of the molecule is Cn1c(-c2cccnc2C(F)(F)F)nnc1C(C)(C)Oc1c(F)cc(F)cc1F. The van der Waals surface area contributed by atoms with Gasteiger partial charge in [-0.05, 0) is 26.0 Å². The second-order valence-electron chi connectivity index (χ2n) is 6.61. The van der Waals surface area contributed by atoms with Gasteiger partial charge in [0.05, 0.1) is 5.56 Å². The largest absolute Gasteiger partial charge is 0.474 e. The minimum absolute atomic E-state index is 0.0207. The molecule has 0 aliphatic carbocycles. The van der Waals surface area contributed by atoms with Gasteiger partial charge in [-0.25, -0.2) is 13.2 Å². The summed E-state index contributed by atoms with van der Waals surface area (Å²) in [6.45, 7) is 2.77. The van der Waals surface area contributed by atoms with Crippen molar-refractivity contribution in [2.24, 2.45) is 7.05 Å². The van der Waals surface area contributed by atoms with Crippen molar-refractivity contribution in [3.8, 4) is 17.1 Å². The predicted molar refractivity (Wildman–Crippen MR) is 89.2 cm³/mol. The monoisotopic (exact) mass is 416 g/mol. The molecule has 1 aromatic carbocycles. The second-order valence-corrected chi connectivity index (χ2v) is 6.61. The summed E-state index contributed by atoms with van der Waals surface area (Å²) in [6.07, 6.45) is -3.73. The Balaban J connectivity index is 2.04. The van der Waals surface area contributed by atoms with E-state index in [9.17, 15) is 26.3 Å². The van der Waals surface area contributed by atoms with Gasteiger partial charge in [0.1, 0.15) is 5.82 Å². The second kappa shape index (κ2) is 7.05. The van der Waals surface area contributed by atoms with E-state index in [1.54, 1.807) is 0 Å². The molecule has 0 atom stereocenters. The van der Waals surface area contributed by atoms with Crippen LogP contribution in [0.5, 0.6) is 5.75 Å². The number of halogens is 6. The van der Waals surface area contributed by atoms with Crippen LogP contribution in [0.25, 0.3) is 11.4 Å². The van der Waals surface area contributed by atoms with Crippen molar-refractivity contribution in [3.63, 3.8) is 0 Å². The van der Waals surface area contributed by atoms with Crippen molar-refractivity contribution in [3.05, 3.63) is 59.4 Å². The lowest BCUT2D eigenvalue weighted by Gasteiger charge is -2.26. The summed E-state index contributed by atoms with van der Waals surface area (Å²) in [6, 6.07) is 3.38. The molecule has 0 spiro atoms. The molecule has 0 N–H and O–H groups in total. The van der Waals surface area contributed by atoms with Crippen LogP contribution in [0.3, 0.4) is 0 Å². The van der Waals surface area contributed by atoms with Crippen molar-refractivity contribution in [2.45, 2.75) is 25.6 Å². The Labute approximate surface area is 161 Å². The molecule has 2 aromatic heterocycles. The minimum atomic E-state index is -4.73. The Kier molecular flexibility index (Phi) is 5.01. The molecular weight excluding hydrogens is 402 g/mol. The first-order valence-electron chi connectivity index (χ1n) is 8.18. The van der Waals surface area contributed by atoms with Crippen LogP contribution in [0, 0.1) is 17.5 Å². The standard InChI is InChI=1S/C18H14F6N4O/c1-17(2,29-13-11(20)7-9(19)8-12(13)21)16-27-26-15(28(16)3)10-5-4-6-25-14(10)18(22,23)24/h4-8H,1-3H3. The number of hydrogen-bond donors (Lipinski definition) is 0. The Morgan fingerprint density at radius 2 is 1.62 bits per heavy atom. The van der Waals surface area contributed by atoms with Crippen molar-refractivity contribution in [1.82, 2.24) is 19.7 Å². The number of rotatable bonds is 4. The molecule has 3 aromatic rings. The number of nitrogens with zero attached hydrogens (tertiary/aromatic N) is 4. The van der Waals surface area contributed by atoms with Crippen LogP contribution >= 0.6 is 0 Å². The maximum atomic E-state index is 13.9. The third-order valence-electron chi connectivity index (χ3n) is 4.05. The van der Waals surface area contributed by atoms with Gasteiger partial charge in [-0.15, -0.1) is 10.2 Å². The average Bonchev–Trinajstić information content (AvgIpc) is 3.00. The minimum Gasteiger partial charge on any atom is -0.474 e. The summed E-state index contributed by atoms with van der Waals surface area (Å²) >= 11 is 0. The molecule has 0 amide bonds. The predicted octanol–water partition coefficient (Wildman–Crippen LogP) is 4.63. The lowest BCUT2D eigenvalue weighted by atomic mass is 10.1. The Morgan fingerprint density at radius 1 is 1.00 bits per heavy atom. The van der Waals surface area contributed by atoms with Crippen molar-refractivity contribution >= 4 is 0 Å². The smallest absolute Gasteiger partial charge is 0.434 e. The van der Waals surface area contributed by atoms with E-state index in [1.807, 2.05) is 0 Å². The molecule has 0 aliphatic rings. The highest BCUT2D eigenvalue weighted by Crippen LogP contribution is 2.36. The highest BCUT2D eigenvalue weighted by Gasteiger charge is 2.38. The van der Waals surface area contributed by atoms with Gasteiger partial charge < -0.3 is 9.30 Å². The summed E-state index contributed by atoms with van der Waals surface area (Å²) in [5.74, 6) is -4.71. The molecule has 0 saturated heterocycles. The van der Waals surface area contributed by atoms with E-state index in [1.165, 1.54) is 37.6 Å². The summed E-state index contributed by atoms with van der Waals surface area (Å²) < 4.78 is 87.3. The first-order valence-corrected chi connectivity index (χ1v) is 8.18. The van der Waals surface area contributed by atoms with Gasteiger partial charge in [0.2, 0.25) is 0 Å². The first-order chi connectivity index (χ1) is 13.4. The number of aromatic nitrogens is 4. The Bertz CT molecular complexity index is 1040. The highest BCUT2D eigenvalue weighted by atomic mass is 19.4. The van der Waals surface area contributed by atoms with Crippen molar-refractivity contribution in [1.29, 1.82) is 0 Å². The molecule has 11 heteroatoms. The fraction of sp³-hybridized carbons (Fsp3) is 0.278. The third kappa shape index (κ3) is 3.89. The normalized spacial score (nSPS) is 12.3. The van der Waals surface area contributed by atoms with Gasteiger partial charge in [-0.1, -0.05) is 0 Å². The van der Waals surface area contributed by atoms with Crippen LogP contribution in [-0.4, -0.2) is 19.7 Å². The molecule has 29 heavy (non-hydrogen) atoms. The third-order valence-corrected chi connectivity index (χ3v) is 4.05. The zero-order valence-electron chi connectivity index (χ0n) is 15.4. The zero-order chi connectivity index (χ0) is 21.6. The molecule has 5 nitrogen and oxygen atoms in total. The number of ether oxygens (including phenoxy) is 1. The lowest BCUT2D eigenvalue weighted by Crippen LogP contribution is -2.30. The molecule has 0 fully saturated rings. The van der Waals surface area contributed by atoms with Crippen molar-refractivity contribution in [2.75, 3.05) is 0 Å². The summed E-state index contributed by atoms with van der Waals surface area (Å²) in [5, 5.41) is 7.61. The highest BCUT2D eigenvalue weighted by molar-refractivity contribution is 5.59. The topological polar surface area (TPSA) is 52.8 Å². The van der Waals surface area contributed by atoms with E-state index in [-0.39, 0.29) is 17.2 Å². The Hall–Kier alpha value is -3.11. The Morgan fingerprint density at radius 3 is 2.21 bits per heavy atom. The van der Waals surface area contributed by atoms with E-state index in [4.69, 9.17) is 4.74 Å². The van der Waals surface area contributed by atoms with Gasteiger partial charge in [-0.3, -0.25) is 4.98 Å². The van der Waals surface area contributed by atoms with Gasteiger partial charge in [-0.2, -0.15) is 13.2 Å². The summed E-state index contributed by atoms with van der Waals surface area (Å²) in [4.78, 5) is 3.37. The lowest BCUT2D eigenvalue weighted by molar-refractivity contribution is -0.140. The van der Waals surface area contributed by atoms with Crippen LogP contribution in [-0.2, 0) is 18.8 Å². The van der Waals surface area contributed by atoms with Crippen LogP contribution in [0.2, 0.25) is 0 Å². The summed E-state index contributed by atoms with van der Waals surface area (Å²) in [5.41, 5.74) is -3.01. The molecule has 2 heterocycles. The van der Waals surface area contributed by atoms with E-state index < -0.39 is 40.7 Å². The van der Waals surface area contributed by atoms with Crippen molar-refractivity contribution < 1.29 is 31.1 Å². The molecule has 0 unspecified atom stereocenters. The first kappa shape index (κ1) is 20.6. The summed E-state index contributed by atoms with van der Waals surface area (Å²) in [7, 11) is 1.38. The fourth-order valence-electron chi connectivity index (χ4n) is 2.83. The molecule has 0 saturated carbocycles. The van der Waals surface area contributed by atoms with Gasteiger partial charge in [0.25, 0.3) is 0 Å².